The Morgan fingerprint density at radius 3 is 2.71 bits per heavy atom. The fourth-order valence-corrected chi connectivity index (χ4v) is 5.00. The lowest BCUT2D eigenvalue weighted by atomic mass is 10.1. The molecule has 178 valence electrons. The minimum atomic E-state index is -0.212. The molecule has 8 nitrogen and oxygen atoms in total. The third-order valence-electron chi connectivity index (χ3n) is 5.73. The second-order valence-corrected chi connectivity index (χ2v) is 9.30. The number of hydrogen-bond donors (Lipinski definition) is 1. The molecule has 0 saturated heterocycles. The number of thiazole rings is 1. The van der Waals surface area contributed by atoms with Crippen molar-refractivity contribution in [3.8, 4) is 16.9 Å². The van der Waals surface area contributed by atoms with Gasteiger partial charge < -0.3 is 10.1 Å². The summed E-state index contributed by atoms with van der Waals surface area (Å²) in [5.74, 6) is -0.139. The van der Waals surface area contributed by atoms with Gasteiger partial charge in [0, 0.05) is 37.0 Å². The van der Waals surface area contributed by atoms with E-state index in [-0.39, 0.29) is 17.9 Å². The third-order valence-corrected chi connectivity index (χ3v) is 6.61. The number of nitrogens with one attached hydrogen (secondary N) is 1. The highest BCUT2D eigenvalue weighted by Crippen LogP contribution is 2.25. The molecule has 0 aliphatic rings. The van der Waals surface area contributed by atoms with Crippen molar-refractivity contribution in [2.45, 2.75) is 40.5 Å². The van der Waals surface area contributed by atoms with Crippen molar-refractivity contribution >= 4 is 22.2 Å². The van der Waals surface area contributed by atoms with Gasteiger partial charge in [-0.05, 0) is 51.8 Å². The van der Waals surface area contributed by atoms with E-state index in [1.54, 1.807) is 7.11 Å². The number of aromatic nitrogens is 4. The first-order valence-electron chi connectivity index (χ1n) is 11.2. The molecule has 3 aromatic heterocycles. The van der Waals surface area contributed by atoms with E-state index in [4.69, 9.17) is 9.84 Å². The molecule has 0 unspecified atom stereocenters. The number of carbonyl (C=O) groups excluding carboxylic acids is 1. The third kappa shape index (κ3) is 4.67. The second kappa shape index (κ2) is 9.90. The number of aryl methyl sites for hydroxylation is 4. The maximum Gasteiger partial charge on any atom is 0.268 e. The summed E-state index contributed by atoms with van der Waals surface area (Å²) in [6.45, 7) is 9.02. The number of methoxy groups -OCH3 is 1. The predicted molar refractivity (Wildman–Crippen MR) is 134 cm³/mol. The van der Waals surface area contributed by atoms with E-state index >= 15 is 0 Å². The van der Waals surface area contributed by atoms with Gasteiger partial charge in [-0.3, -0.25) is 14.0 Å². The largest absolute Gasteiger partial charge is 0.385 e. The van der Waals surface area contributed by atoms with Crippen molar-refractivity contribution in [3.63, 3.8) is 0 Å². The van der Waals surface area contributed by atoms with Gasteiger partial charge in [0.15, 0.2) is 4.96 Å². The van der Waals surface area contributed by atoms with Crippen molar-refractivity contribution < 1.29 is 9.53 Å². The van der Waals surface area contributed by atoms with E-state index in [2.05, 4.69) is 36.3 Å². The zero-order valence-corrected chi connectivity index (χ0v) is 21.0. The Kier molecular flexibility index (Phi) is 6.95. The Morgan fingerprint density at radius 1 is 1.18 bits per heavy atom. The van der Waals surface area contributed by atoms with Crippen LogP contribution < -0.4 is 10.9 Å². The van der Waals surface area contributed by atoms with Gasteiger partial charge in [-0.2, -0.15) is 5.10 Å². The zero-order valence-electron chi connectivity index (χ0n) is 20.1. The van der Waals surface area contributed by atoms with Gasteiger partial charge in [-0.15, -0.1) is 11.3 Å². The van der Waals surface area contributed by atoms with Crippen LogP contribution in [0.1, 0.15) is 34.6 Å². The van der Waals surface area contributed by atoms with Gasteiger partial charge in [0.2, 0.25) is 5.91 Å². The van der Waals surface area contributed by atoms with E-state index in [1.165, 1.54) is 21.3 Å². The van der Waals surface area contributed by atoms with Gasteiger partial charge in [-0.25, -0.2) is 9.67 Å². The minimum absolute atomic E-state index is 0.104. The Balaban J connectivity index is 1.71. The molecule has 0 aliphatic heterocycles. The van der Waals surface area contributed by atoms with Crippen molar-refractivity contribution in [2.75, 3.05) is 20.3 Å². The number of amides is 1. The van der Waals surface area contributed by atoms with Crippen LogP contribution in [0, 0.1) is 27.7 Å². The van der Waals surface area contributed by atoms with Gasteiger partial charge in [0.05, 0.1) is 23.4 Å². The number of hydrogen-bond acceptors (Lipinski definition) is 6. The summed E-state index contributed by atoms with van der Waals surface area (Å²) in [6.07, 6.45) is 0.840. The molecule has 0 aliphatic carbocycles. The normalized spacial score (nSPS) is 11.3. The molecule has 3 heterocycles. The van der Waals surface area contributed by atoms with Crippen LogP contribution in [0.3, 0.4) is 0 Å². The van der Waals surface area contributed by atoms with Crippen LogP contribution in [-0.4, -0.2) is 45.3 Å². The summed E-state index contributed by atoms with van der Waals surface area (Å²) in [7, 11) is 1.63. The first kappa shape index (κ1) is 23.8. The molecule has 0 saturated carbocycles. The Hall–Kier alpha value is -3.30. The van der Waals surface area contributed by atoms with E-state index in [1.807, 2.05) is 36.0 Å². The molecule has 4 aromatic rings. The molecule has 1 amide bonds. The lowest BCUT2D eigenvalue weighted by Crippen LogP contribution is -2.28. The van der Waals surface area contributed by atoms with Crippen LogP contribution in [0.15, 0.2) is 34.4 Å². The standard InChI is InChI=1S/C25H29N5O3S/c1-15-7-8-21(16(2)11-15)30-17(3)12-20(28-30)23-18(4)27-25-29(24(23)32)19(14-34-25)13-22(31)26-9-6-10-33-5/h7-8,11-12,14H,6,9-10,13H2,1-5H3,(H,26,31). The number of ether oxygens (including phenoxy) is 1. The Bertz CT molecular complexity index is 1420. The summed E-state index contributed by atoms with van der Waals surface area (Å²) in [5.41, 5.74) is 6.23. The molecule has 1 N–H and O–H groups in total. The van der Waals surface area contributed by atoms with Gasteiger partial charge in [0.1, 0.15) is 5.69 Å². The van der Waals surface area contributed by atoms with E-state index in [0.29, 0.717) is 40.8 Å². The molecule has 0 atom stereocenters. The number of fused-ring (bicyclic) bond motifs is 1. The first-order valence-corrected chi connectivity index (χ1v) is 12.1. The smallest absolute Gasteiger partial charge is 0.268 e. The number of carbonyl (C=O) groups is 1. The van der Waals surface area contributed by atoms with E-state index < -0.39 is 0 Å². The van der Waals surface area contributed by atoms with Crippen molar-refractivity contribution in [1.29, 1.82) is 0 Å². The molecule has 34 heavy (non-hydrogen) atoms. The summed E-state index contributed by atoms with van der Waals surface area (Å²) in [5, 5.41) is 9.47. The first-order chi connectivity index (χ1) is 16.3. The molecule has 1 aromatic carbocycles. The SMILES string of the molecule is COCCCNC(=O)Cc1csc2nc(C)c(-c3cc(C)n(-c4ccc(C)cc4C)n3)c(=O)n12. The lowest BCUT2D eigenvalue weighted by molar-refractivity contribution is -0.120. The van der Waals surface area contributed by atoms with Crippen LogP contribution in [-0.2, 0) is 16.0 Å². The summed E-state index contributed by atoms with van der Waals surface area (Å²) in [6, 6.07) is 8.11. The number of benzene rings is 1. The molecule has 9 heteroatoms. The van der Waals surface area contributed by atoms with Gasteiger partial charge >= 0.3 is 0 Å². The maximum absolute atomic E-state index is 13.6. The van der Waals surface area contributed by atoms with E-state index in [9.17, 15) is 9.59 Å². The molecular formula is C25H29N5O3S. The minimum Gasteiger partial charge on any atom is -0.385 e. The van der Waals surface area contributed by atoms with Crippen molar-refractivity contribution in [2.24, 2.45) is 0 Å². The fraction of sp³-hybridized carbons (Fsp3) is 0.360. The molecular weight excluding hydrogens is 450 g/mol. The average Bonchev–Trinajstić information content (AvgIpc) is 3.34. The van der Waals surface area contributed by atoms with Crippen LogP contribution >= 0.6 is 11.3 Å². The number of nitrogens with zero attached hydrogens (tertiary/aromatic N) is 4. The molecule has 0 fully saturated rings. The molecule has 0 spiro atoms. The second-order valence-electron chi connectivity index (χ2n) is 8.47. The molecule has 0 radical (unpaired) electrons. The average molecular weight is 480 g/mol. The molecule has 0 bridgehead atoms. The quantitative estimate of drug-likeness (QED) is 0.391. The van der Waals surface area contributed by atoms with Crippen molar-refractivity contribution in [1.82, 2.24) is 24.5 Å². The van der Waals surface area contributed by atoms with E-state index in [0.717, 1.165) is 23.4 Å². The van der Waals surface area contributed by atoms with Crippen LogP contribution in [0.2, 0.25) is 0 Å². The highest BCUT2D eigenvalue weighted by atomic mass is 32.1. The van der Waals surface area contributed by atoms with Gasteiger partial charge in [-0.1, -0.05) is 17.7 Å². The van der Waals surface area contributed by atoms with Crippen LogP contribution in [0.5, 0.6) is 0 Å². The van der Waals surface area contributed by atoms with Crippen molar-refractivity contribution in [3.05, 3.63) is 68.2 Å². The summed E-state index contributed by atoms with van der Waals surface area (Å²) in [4.78, 5) is 31.2. The monoisotopic (exact) mass is 479 g/mol. The summed E-state index contributed by atoms with van der Waals surface area (Å²) < 4.78 is 8.40. The van der Waals surface area contributed by atoms with Crippen LogP contribution in [0.25, 0.3) is 21.9 Å². The topological polar surface area (TPSA) is 90.5 Å². The Morgan fingerprint density at radius 2 is 1.97 bits per heavy atom. The molecule has 4 rings (SSSR count). The maximum atomic E-state index is 13.6. The predicted octanol–water partition coefficient (Wildman–Crippen LogP) is 3.54. The fourth-order valence-electron chi connectivity index (χ4n) is 4.08. The van der Waals surface area contributed by atoms with Gasteiger partial charge in [0.25, 0.3) is 5.56 Å². The number of rotatable bonds is 8. The zero-order chi connectivity index (χ0) is 24.4. The van der Waals surface area contributed by atoms with Crippen LogP contribution in [0.4, 0.5) is 0 Å². The highest BCUT2D eigenvalue weighted by Gasteiger charge is 2.20. The summed E-state index contributed by atoms with van der Waals surface area (Å²) >= 11 is 1.35. The highest BCUT2D eigenvalue weighted by molar-refractivity contribution is 7.15. The lowest BCUT2D eigenvalue weighted by Gasteiger charge is -2.09. The Labute approximate surface area is 202 Å².